The zero-order valence-corrected chi connectivity index (χ0v) is 24.8. The molecule has 1 heterocycles. The normalized spacial score (nSPS) is 11.3. The molecule has 0 unspecified atom stereocenters. The summed E-state index contributed by atoms with van der Waals surface area (Å²) in [6.45, 7) is 1.20. The molecule has 13 heteroatoms. The number of nitrogens with one attached hydrogen (secondary N) is 2. The summed E-state index contributed by atoms with van der Waals surface area (Å²) < 4.78 is 46.6. The van der Waals surface area contributed by atoms with E-state index in [1.165, 1.54) is 24.3 Å². The van der Waals surface area contributed by atoms with Crippen LogP contribution in [0.2, 0.25) is 15.1 Å². The van der Waals surface area contributed by atoms with E-state index in [1.54, 1.807) is 23.7 Å². The van der Waals surface area contributed by atoms with Crippen LogP contribution in [-0.4, -0.2) is 34.4 Å². The second-order valence-electron chi connectivity index (χ2n) is 9.41. The number of aryl methyl sites for hydroxylation is 1. The number of alkyl halides is 2. The Morgan fingerprint density at radius 2 is 1.83 bits per heavy atom. The van der Waals surface area contributed by atoms with Crippen molar-refractivity contribution in [1.82, 2.24) is 14.9 Å². The van der Waals surface area contributed by atoms with Gasteiger partial charge in [0.25, 0.3) is 12.3 Å². The first-order valence-corrected chi connectivity index (χ1v) is 14.0. The number of carbonyl (C=O) groups excluding carboxylic acids is 2. The van der Waals surface area contributed by atoms with E-state index in [-0.39, 0.29) is 40.9 Å². The molecule has 7 nitrogen and oxygen atoms in total. The lowest BCUT2D eigenvalue weighted by Crippen LogP contribution is -2.22. The summed E-state index contributed by atoms with van der Waals surface area (Å²) in [6.07, 6.45) is -1.46. The fourth-order valence-electron chi connectivity index (χ4n) is 4.26. The molecule has 3 aromatic carbocycles. The number of aromatic nitrogens is 2. The molecule has 0 aliphatic carbocycles. The summed E-state index contributed by atoms with van der Waals surface area (Å²) in [5.41, 5.74) is 2.29. The zero-order valence-electron chi connectivity index (χ0n) is 22.5. The highest BCUT2D eigenvalue weighted by Crippen LogP contribution is 2.33. The van der Waals surface area contributed by atoms with E-state index in [1.807, 2.05) is 6.92 Å². The van der Waals surface area contributed by atoms with Crippen LogP contribution >= 0.6 is 34.8 Å². The van der Waals surface area contributed by atoms with Gasteiger partial charge in [0.15, 0.2) is 0 Å². The highest BCUT2D eigenvalue weighted by molar-refractivity contribution is 6.36. The Hall–Kier alpha value is -3.47. The van der Waals surface area contributed by atoms with Gasteiger partial charge in [-0.05, 0) is 47.9 Å². The van der Waals surface area contributed by atoms with Crippen LogP contribution in [0.5, 0.6) is 5.75 Å². The summed E-state index contributed by atoms with van der Waals surface area (Å²) in [5, 5.41) is 5.98. The Balaban J connectivity index is 1.68. The molecule has 0 aliphatic heterocycles. The molecule has 0 saturated heterocycles. The molecule has 4 aromatic rings. The second kappa shape index (κ2) is 13.7. The third kappa shape index (κ3) is 7.29. The van der Waals surface area contributed by atoms with Crippen molar-refractivity contribution in [2.75, 3.05) is 11.9 Å². The average molecular weight is 642 g/mol. The fourth-order valence-corrected chi connectivity index (χ4v) is 5.01. The number of hydrogen-bond acceptors (Lipinski definition) is 4. The van der Waals surface area contributed by atoms with Gasteiger partial charge in [0.1, 0.15) is 24.0 Å². The van der Waals surface area contributed by atoms with Crippen molar-refractivity contribution in [3.8, 4) is 5.75 Å². The molecule has 0 spiro atoms. The number of amides is 2. The van der Waals surface area contributed by atoms with Crippen LogP contribution < -0.4 is 15.4 Å². The second-order valence-corrected chi connectivity index (χ2v) is 10.6. The van der Waals surface area contributed by atoms with Crippen molar-refractivity contribution < 1.29 is 27.5 Å². The van der Waals surface area contributed by atoms with Crippen LogP contribution in [-0.2, 0) is 24.8 Å². The maximum Gasteiger partial charge on any atom is 0.272 e. The number of rotatable bonds is 11. The molecule has 4 rings (SSSR count). The van der Waals surface area contributed by atoms with Gasteiger partial charge in [-0.2, -0.15) is 0 Å². The number of ether oxygens (including phenoxy) is 1. The molecule has 0 saturated carbocycles. The molecule has 0 fully saturated rings. The highest BCUT2D eigenvalue weighted by atomic mass is 35.5. The van der Waals surface area contributed by atoms with E-state index < -0.39 is 24.8 Å². The summed E-state index contributed by atoms with van der Waals surface area (Å²) in [5.74, 6) is -1.02. The van der Waals surface area contributed by atoms with Crippen LogP contribution in [0.3, 0.4) is 0 Å². The van der Waals surface area contributed by atoms with Gasteiger partial charge in [0.05, 0.1) is 26.6 Å². The average Bonchev–Trinajstić information content (AvgIpc) is 3.24. The summed E-state index contributed by atoms with van der Waals surface area (Å²) in [6, 6.07) is 9.92. The molecule has 1 aromatic heterocycles. The Bertz CT molecular complexity index is 1650. The lowest BCUT2D eigenvalue weighted by Gasteiger charge is -2.13. The van der Waals surface area contributed by atoms with Crippen LogP contribution in [0.1, 0.15) is 47.1 Å². The van der Waals surface area contributed by atoms with E-state index in [0.29, 0.717) is 44.5 Å². The summed E-state index contributed by atoms with van der Waals surface area (Å²) >= 11 is 19.0. The van der Waals surface area contributed by atoms with Crippen LogP contribution in [0, 0.1) is 5.82 Å². The third-order valence-corrected chi connectivity index (χ3v) is 7.53. The molecule has 0 aliphatic rings. The molecule has 0 bridgehead atoms. The van der Waals surface area contributed by atoms with Crippen molar-refractivity contribution in [3.05, 3.63) is 85.9 Å². The molecule has 2 N–H and O–H groups in total. The van der Waals surface area contributed by atoms with Crippen LogP contribution in [0.25, 0.3) is 11.0 Å². The SMILES string of the molecule is CCCC(=O)NCc1ccc(Cl)c(Cc2nc3cc(C(=O)Nc4ccc(F)c(Cl)c4)c(OCC(F)F)cc3n2C)c1Cl. The van der Waals surface area contributed by atoms with Gasteiger partial charge in [-0.25, -0.2) is 18.2 Å². The maximum absolute atomic E-state index is 13.6. The quantitative estimate of drug-likeness (QED) is 0.177. The van der Waals surface area contributed by atoms with Crippen LogP contribution in [0.4, 0.5) is 18.9 Å². The number of carbonyl (C=O) groups is 2. The molecule has 0 atom stereocenters. The summed E-state index contributed by atoms with van der Waals surface area (Å²) in [4.78, 5) is 29.8. The van der Waals surface area contributed by atoms with E-state index in [0.717, 1.165) is 12.5 Å². The number of fused-ring (bicyclic) bond motifs is 1. The Kier molecular flexibility index (Phi) is 10.2. The van der Waals surface area contributed by atoms with E-state index >= 15 is 0 Å². The Morgan fingerprint density at radius 3 is 2.52 bits per heavy atom. The van der Waals surface area contributed by atoms with Gasteiger partial charge < -0.3 is 19.9 Å². The monoisotopic (exact) mass is 640 g/mol. The lowest BCUT2D eigenvalue weighted by molar-refractivity contribution is -0.121. The van der Waals surface area contributed by atoms with Crippen molar-refractivity contribution in [2.24, 2.45) is 7.05 Å². The molecular formula is C29H26Cl3F3N4O3. The molecule has 0 radical (unpaired) electrons. The van der Waals surface area contributed by atoms with Gasteiger partial charge >= 0.3 is 0 Å². The highest BCUT2D eigenvalue weighted by Gasteiger charge is 2.21. The van der Waals surface area contributed by atoms with Gasteiger partial charge in [-0.3, -0.25) is 9.59 Å². The Labute approximate surface area is 254 Å². The van der Waals surface area contributed by atoms with Crippen molar-refractivity contribution in [1.29, 1.82) is 0 Å². The first-order chi connectivity index (χ1) is 20.0. The summed E-state index contributed by atoms with van der Waals surface area (Å²) in [7, 11) is 1.72. The van der Waals surface area contributed by atoms with Gasteiger partial charge in [-0.1, -0.05) is 47.8 Å². The van der Waals surface area contributed by atoms with Gasteiger partial charge in [0.2, 0.25) is 5.91 Å². The molecular weight excluding hydrogens is 616 g/mol. The van der Waals surface area contributed by atoms with E-state index in [2.05, 4.69) is 15.6 Å². The number of halogens is 6. The number of imidazole rings is 1. The molecule has 2 amide bonds. The predicted molar refractivity (Wildman–Crippen MR) is 158 cm³/mol. The number of hydrogen-bond donors (Lipinski definition) is 2. The minimum absolute atomic E-state index is 0.0610. The minimum atomic E-state index is -2.78. The third-order valence-electron chi connectivity index (χ3n) is 6.42. The van der Waals surface area contributed by atoms with Crippen molar-refractivity contribution in [3.63, 3.8) is 0 Å². The first-order valence-electron chi connectivity index (χ1n) is 12.9. The topological polar surface area (TPSA) is 85.2 Å². The smallest absolute Gasteiger partial charge is 0.272 e. The molecule has 42 heavy (non-hydrogen) atoms. The van der Waals surface area contributed by atoms with Crippen molar-refractivity contribution in [2.45, 2.75) is 39.2 Å². The number of benzene rings is 3. The lowest BCUT2D eigenvalue weighted by atomic mass is 10.1. The maximum atomic E-state index is 13.6. The Morgan fingerprint density at radius 1 is 1.07 bits per heavy atom. The van der Waals surface area contributed by atoms with Gasteiger partial charge in [0, 0.05) is 43.2 Å². The minimum Gasteiger partial charge on any atom is -0.487 e. The predicted octanol–water partition coefficient (Wildman–Crippen LogP) is 7.58. The molecule has 222 valence electrons. The van der Waals surface area contributed by atoms with E-state index in [4.69, 9.17) is 39.5 Å². The zero-order chi connectivity index (χ0) is 30.6. The van der Waals surface area contributed by atoms with E-state index in [9.17, 15) is 22.8 Å². The van der Waals surface area contributed by atoms with Gasteiger partial charge in [-0.15, -0.1) is 0 Å². The van der Waals surface area contributed by atoms with Crippen molar-refractivity contribution >= 4 is 63.3 Å². The standard InChI is InChI=1S/C29H26Cl3F3N4O3/c1-3-4-27(40)36-13-15-5-7-19(30)17(28(15)32)11-26-38-22-10-18(24(42-14-25(34)35)12-23(22)39(26)2)29(41)37-16-6-8-21(33)20(31)9-16/h5-10,12,25H,3-4,11,13-14H2,1-2H3,(H,36,40)(H,37,41). The fraction of sp³-hybridized carbons (Fsp3) is 0.276. The largest absolute Gasteiger partial charge is 0.487 e. The van der Waals surface area contributed by atoms with Crippen LogP contribution in [0.15, 0.2) is 42.5 Å². The number of anilines is 1. The first kappa shape index (κ1) is 31.5. The number of nitrogens with zero attached hydrogens (tertiary/aromatic N) is 2.